The number of ether oxygens (including phenoxy) is 1. The Morgan fingerprint density at radius 3 is 2.58 bits per heavy atom. The van der Waals surface area contributed by atoms with Crippen molar-refractivity contribution < 1.29 is 4.74 Å². The summed E-state index contributed by atoms with van der Waals surface area (Å²) in [5.74, 6) is 0. The lowest BCUT2D eigenvalue weighted by molar-refractivity contribution is -0.0567. The molecule has 1 heterocycles. The van der Waals surface area contributed by atoms with Crippen LogP contribution in [-0.4, -0.2) is 48.3 Å². The van der Waals surface area contributed by atoms with Gasteiger partial charge in [-0.2, -0.15) is 0 Å². The predicted octanol–water partition coefficient (Wildman–Crippen LogP) is 2.80. The quantitative estimate of drug-likeness (QED) is 0.848. The number of hydrogen-bond donors (Lipinski definition) is 1. The van der Waals surface area contributed by atoms with Crippen molar-refractivity contribution in [2.75, 3.05) is 26.2 Å². The van der Waals surface area contributed by atoms with Gasteiger partial charge < -0.3 is 10.1 Å². The molecular weight excluding hydrogens is 236 g/mol. The van der Waals surface area contributed by atoms with Gasteiger partial charge in [-0.3, -0.25) is 4.90 Å². The van der Waals surface area contributed by atoms with Crippen LogP contribution in [0.25, 0.3) is 0 Å². The van der Waals surface area contributed by atoms with Crippen molar-refractivity contribution in [3.05, 3.63) is 0 Å². The number of rotatable bonds is 4. The second kappa shape index (κ2) is 6.11. The lowest BCUT2D eigenvalue weighted by Crippen LogP contribution is -2.65. The van der Waals surface area contributed by atoms with Crippen molar-refractivity contribution in [1.82, 2.24) is 10.2 Å². The van der Waals surface area contributed by atoms with Crippen LogP contribution in [0.2, 0.25) is 0 Å². The van der Waals surface area contributed by atoms with Crippen LogP contribution in [0.15, 0.2) is 0 Å². The summed E-state index contributed by atoms with van der Waals surface area (Å²) in [5, 5.41) is 3.85. The molecule has 1 unspecified atom stereocenters. The molecule has 1 saturated heterocycles. The Bertz CT molecular complexity index is 284. The maximum Gasteiger partial charge on any atom is 0.0752 e. The Kier molecular flexibility index (Phi) is 4.91. The standard InChI is InChI=1S/C16H32N2O/c1-5-19-15(3,4)12-18-13-16(17-11-14(18)2)9-7-6-8-10-16/h14,17H,5-13H2,1-4H3. The molecule has 19 heavy (non-hydrogen) atoms. The van der Waals surface area contributed by atoms with Gasteiger partial charge in [0.25, 0.3) is 0 Å². The minimum atomic E-state index is -0.0315. The molecule has 2 rings (SSSR count). The molecule has 2 aliphatic rings. The van der Waals surface area contributed by atoms with Crippen molar-refractivity contribution >= 4 is 0 Å². The summed E-state index contributed by atoms with van der Waals surface area (Å²) >= 11 is 0. The third-order valence-corrected chi connectivity index (χ3v) is 4.83. The molecule has 1 atom stereocenters. The normalized spacial score (nSPS) is 28.7. The minimum Gasteiger partial charge on any atom is -0.375 e. The van der Waals surface area contributed by atoms with Crippen molar-refractivity contribution in [2.24, 2.45) is 0 Å². The largest absolute Gasteiger partial charge is 0.375 e. The molecule has 1 aliphatic heterocycles. The van der Waals surface area contributed by atoms with Gasteiger partial charge in [-0.15, -0.1) is 0 Å². The molecule has 0 radical (unpaired) electrons. The second-order valence-corrected chi connectivity index (χ2v) is 7.17. The van der Waals surface area contributed by atoms with Crippen LogP contribution < -0.4 is 5.32 Å². The highest BCUT2D eigenvalue weighted by molar-refractivity contribution is 4.99. The van der Waals surface area contributed by atoms with Gasteiger partial charge >= 0.3 is 0 Å². The van der Waals surface area contributed by atoms with E-state index in [0.717, 1.165) is 19.7 Å². The fourth-order valence-electron chi connectivity index (χ4n) is 3.79. The van der Waals surface area contributed by atoms with Crippen molar-refractivity contribution in [1.29, 1.82) is 0 Å². The fourth-order valence-corrected chi connectivity index (χ4v) is 3.79. The highest BCUT2D eigenvalue weighted by Crippen LogP contribution is 2.32. The topological polar surface area (TPSA) is 24.5 Å². The summed E-state index contributed by atoms with van der Waals surface area (Å²) in [6.45, 7) is 13.0. The first-order chi connectivity index (χ1) is 8.96. The Morgan fingerprint density at radius 1 is 1.26 bits per heavy atom. The first kappa shape index (κ1) is 15.3. The van der Waals surface area contributed by atoms with Crippen LogP contribution in [0.1, 0.15) is 59.8 Å². The van der Waals surface area contributed by atoms with E-state index in [9.17, 15) is 0 Å². The molecule has 3 nitrogen and oxygen atoms in total. The van der Waals surface area contributed by atoms with Crippen LogP contribution in [0.5, 0.6) is 0 Å². The highest BCUT2D eigenvalue weighted by Gasteiger charge is 2.40. The van der Waals surface area contributed by atoms with Crippen LogP contribution in [0.4, 0.5) is 0 Å². The third-order valence-electron chi connectivity index (χ3n) is 4.83. The Morgan fingerprint density at radius 2 is 1.95 bits per heavy atom. The van der Waals surface area contributed by atoms with Crippen molar-refractivity contribution in [3.63, 3.8) is 0 Å². The van der Waals surface area contributed by atoms with E-state index in [1.807, 2.05) is 0 Å². The summed E-state index contributed by atoms with van der Waals surface area (Å²) in [6.07, 6.45) is 6.91. The monoisotopic (exact) mass is 268 g/mol. The summed E-state index contributed by atoms with van der Waals surface area (Å²) in [4.78, 5) is 2.65. The maximum atomic E-state index is 5.89. The van der Waals surface area contributed by atoms with E-state index in [1.54, 1.807) is 0 Å². The average molecular weight is 268 g/mol. The molecule has 1 aliphatic carbocycles. The van der Waals surface area contributed by atoms with Crippen LogP contribution >= 0.6 is 0 Å². The predicted molar refractivity (Wildman–Crippen MR) is 80.6 cm³/mol. The first-order valence-electron chi connectivity index (χ1n) is 8.09. The average Bonchev–Trinajstić information content (AvgIpc) is 2.35. The minimum absolute atomic E-state index is 0.0315. The molecule has 0 aromatic carbocycles. The molecule has 3 heteroatoms. The third kappa shape index (κ3) is 3.93. The molecule has 0 amide bonds. The maximum absolute atomic E-state index is 5.89. The highest BCUT2D eigenvalue weighted by atomic mass is 16.5. The van der Waals surface area contributed by atoms with E-state index in [2.05, 4.69) is 37.9 Å². The molecule has 2 fully saturated rings. The SMILES string of the molecule is CCOC(C)(C)CN1CC2(CCCCC2)NCC1C. The Hall–Kier alpha value is -0.120. The van der Waals surface area contributed by atoms with Gasteiger partial charge in [0.15, 0.2) is 0 Å². The van der Waals surface area contributed by atoms with Crippen LogP contribution in [0, 0.1) is 0 Å². The number of nitrogens with zero attached hydrogens (tertiary/aromatic N) is 1. The Labute approximate surface area is 119 Å². The molecule has 0 aromatic heterocycles. The molecule has 0 aromatic rings. The van der Waals surface area contributed by atoms with Crippen LogP contribution in [0.3, 0.4) is 0 Å². The summed E-state index contributed by atoms with van der Waals surface area (Å²) in [5.41, 5.74) is 0.364. The molecule has 1 spiro atoms. The van der Waals surface area contributed by atoms with E-state index in [4.69, 9.17) is 4.74 Å². The number of hydrogen-bond acceptors (Lipinski definition) is 3. The van der Waals surface area contributed by atoms with Crippen molar-refractivity contribution in [2.45, 2.75) is 77.0 Å². The van der Waals surface area contributed by atoms with Gasteiger partial charge in [0.2, 0.25) is 0 Å². The smallest absolute Gasteiger partial charge is 0.0752 e. The lowest BCUT2D eigenvalue weighted by Gasteiger charge is -2.50. The van der Waals surface area contributed by atoms with Crippen LogP contribution in [-0.2, 0) is 4.74 Å². The summed E-state index contributed by atoms with van der Waals surface area (Å²) < 4.78 is 5.89. The van der Waals surface area contributed by atoms with Gasteiger partial charge in [-0.1, -0.05) is 19.3 Å². The molecule has 0 bridgehead atoms. The second-order valence-electron chi connectivity index (χ2n) is 7.17. The number of piperazine rings is 1. The number of nitrogens with one attached hydrogen (secondary N) is 1. The van der Waals surface area contributed by atoms with Crippen molar-refractivity contribution in [3.8, 4) is 0 Å². The fraction of sp³-hybridized carbons (Fsp3) is 1.00. The lowest BCUT2D eigenvalue weighted by atomic mass is 9.79. The molecule has 1 N–H and O–H groups in total. The molecule has 1 saturated carbocycles. The van der Waals surface area contributed by atoms with Gasteiger partial charge in [0, 0.05) is 37.8 Å². The zero-order chi connectivity index (χ0) is 13.9. The zero-order valence-corrected chi connectivity index (χ0v) is 13.3. The van der Waals surface area contributed by atoms with E-state index in [-0.39, 0.29) is 5.60 Å². The van der Waals surface area contributed by atoms with Gasteiger partial charge in [-0.05, 0) is 40.5 Å². The van der Waals surface area contributed by atoms with E-state index in [0.29, 0.717) is 11.6 Å². The summed E-state index contributed by atoms with van der Waals surface area (Å²) in [6, 6.07) is 0.618. The first-order valence-corrected chi connectivity index (χ1v) is 8.09. The summed E-state index contributed by atoms with van der Waals surface area (Å²) in [7, 11) is 0. The molecular formula is C16H32N2O. The van der Waals surface area contributed by atoms with E-state index < -0.39 is 0 Å². The van der Waals surface area contributed by atoms with E-state index in [1.165, 1.54) is 38.6 Å². The zero-order valence-electron chi connectivity index (χ0n) is 13.3. The van der Waals surface area contributed by atoms with Gasteiger partial charge in [-0.25, -0.2) is 0 Å². The van der Waals surface area contributed by atoms with E-state index >= 15 is 0 Å². The molecule has 112 valence electrons. The Balaban J connectivity index is 1.98. The van der Waals surface area contributed by atoms with Gasteiger partial charge in [0.1, 0.15) is 0 Å². The van der Waals surface area contributed by atoms with Gasteiger partial charge in [0.05, 0.1) is 5.60 Å².